The van der Waals surface area contributed by atoms with Gasteiger partial charge in [0.1, 0.15) is 11.7 Å². The Labute approximate surface area is 168 Å². The van der Waals surface area contributed by atoms with Crippen molar-refractivity contribution in [1.82, 2.24) is 14.8 Å². The molecule has 28 heavy (non-hydrogen) atoms. The van der Waals surface area contributed by atoms with Crippen LogP contribution in [-0.4, -0.2) is 79.2 Å². The Morgan fingerprint density at radius 3 is 2.50 bits per heavy atom. The molecule has 0 saturated carbocycles. The minimum absolute atomic E-state index is 0.194. The molecule has 7 nitrogen and oxygen atoms in total. The first-order valence-electron chi connectivity index (χ1n) is 10.0. The van der Waals surface area contributed by atoms with E-state index in [0.717, 1.165) is 55.7 Å². The molecule has 152 valence electrons. The summed E-state index contributed by atoms with van der Waals surface area (Å²) >= 11 is 0. The molecule has 0 bridgehead atoms. The van der Waals surface area contributed by atoms with Gasteiger partial charge in [0.15, 0.2) is 5.84 Å². The van der Waals surface area contributed by atoms with E-state index in [4.69, 9.17) is 0 Å². The van der Waals surface area contributed by atoms with Crippen molar-refractivity contribution < 1.29 is 4.79 Å². The van der Waals surface area contributed by atoms with Gasteiger partial charge in [0.25, 0.3) is 0 Å². The monoisotopic (exact) mass is 384 g/mol. The summed E-state index contributed by atoms with van der Waals surface area (Å²) in [6.07, 6.45) is 3.37. The van der Waals surface area contributed by atoms with Crippen LogP contribution in [0.15, 0.2) is 28.3 Å². The first-order chi connectivity index (χ1) is 13.2. The predicted octanol–water partition coefficient (Wildman–Crippen LogP) is 2.28. The molecule has 1 saturated heterocycles. The van der Waals surface area contributed by atoms with Crippen molar-refractivity contribution in [3.05, 3.63) is 23.9 Å². The van der Waals surface area contributed by atoms with E-state index in [0.29, 0.717) is 13.0 Å². The van der Waals surface area contributed by atoms with Crippen molar-refractivity contribution in [2.24, 2.45) is 15.4 Å². The number of pyridine rings is 1. The van der Waals surface area contributed by atoms with Crippen LogP contribution in [0.2, 0.25) is 0 Å². The molecule has 1 fully saturated rings. The average molecular weight is 385 g/mol. The summed E-state index contributed by atoms with van der Waals surface area (Å²) in [6.45, 7) is 10.3. The Bertz CT molecular complexity index is 769. The minimum atomic E-state index is 0.194. The molecular formula is C21H32N6O. The van der Waals surface area contributed by atoms with E-state index in [1.165, 1.54) is 0 Å². The average Bonchev–Trinajstić information content (AvgIpc) is 3.16. The number of aromatic nitrogens is 1. The molecule has 1 aromatic heterocycles. The van der Waals surface area contributed by atoms with Gasteiger partial charge in [-0.15, -0.1) is 0 Å². The van der Waals surface area contributed by atoms with Gasteiger partial charge in [-0.05, 0) is 24.0 Å². The molecule has 2 aliphatic rings. The summed E-state index contributed by atoms with van der Waals surface area (Å²) in [5.74, 6) is 2.93. The molecule has 0 N–H and O–H groups in total. The number of hydrogen-bond acceptors (Lipinski definition) is 6. The Balaban J connectivity index is 1.59. The predicted molar refractivity (Wildman–Crippen MR) is 114 cm³/mol. The summed E-state index contributed by atoms with van der Waals surface area (Å²) in [5, 5.41) is 0. The number of rotatable bonds is 4. The third-order valence-corrected chi connectivity index (χ3v) is 5.17. The molecule has 2 aliphatic heterocycles. The number of aliphatic imine (C=N–C) groups is 2. The Hall–Kier alpha value is -2.44. The molecular weight excluding hydrogens is 352 g/mol. The van der Waals surface area contributed by atoms with Gasteiger partial charge in [-0.2, -0.15) is 0 Å². The molecule has 1 amide bonds. The van der Waals surface area contributed by atoms with Crippen LogP contribution < -0.4 is 4.90 Å². The normalized spacial score (nSPS) is 17.5. The van der Waals surface area contributed by atoms with E-state index in [9.17, 15) is 4.79 Å². The van der Waals surface area contributed by atoms with E-state index in [2.05, 4.69) is 46.7 Å². The zero-order valence-corrected chi connectivity index (χ0v) is 17.8. The maximum Gasteiger partial charge on any atom is 0.222 e. The third-order valence-electron chi connectivity index (χ3n) is 5.17. The standard InChI is InChI=1S/C21H32N6O/c1-21(2,3)8-6-19(28)27-12-10-26(11-13-27)17-14-16(7-9-22-17)20-23-15-18(24-20)25(4)5/h7,9,14H,6,8,10-13,15H2,1-5H3. The number of hydrogen-bond donors (Lipinski definition) is 0. The Morgan fingerprint density at radius 1 is 1.18 bits per heavy atom. The van der Waals surface area contributed by atoms with Crippen LogP contribution in [0.5, 0.6) is 0 Å². The van der Waals surface area contributed by atoms with Gasteiger partial charge >= 0.3 is 0 Å². The van der Waals surface area contributed by atoms with E-state index in [-0.39, 0.29) is 11.3 Å². The number of nitrogens with zero attached hydrogens (tertiary/aromatic N) is 6. The summed E-state index contributed by atoms with van der Waals surface area (Å²) in [7, 11) is 3.97. The lowest BCUT2D eigenvalue weighted by molar-refractivity contribution is -0.132. The zero-order valence-electron chi connectivity index (χ0n) is 17.8. The highest BCUT2D eigenvalue weighted by Gasteiger charge is 2.24. The van der Waals surface area contributed by atoms with Gasteiger partial charge in [-0.3, -0.25) is 9.79 Å². The van der Waals surface area contributed by atoms with Crippen molar-refractivity contribution in [2.45, 2.75) is 33.6 Å². The SMILES string of the molecule is CN(C)C1=NC(c2ccnc(N3CCN(C(=O)CCC(C)(C)C)CC3)c2)=NC1. The molecule has 0 aromatic carbocycles. The summed E-state index contributed by atoms with van der Waals surface area (Å²) in [5.41, 5.74) is 1.19. The number of amides is 1. The molecule has 3 rings (SSSR count). The maximum absolute atomic E-state index is 12.5. The van der Waals surface area contributed by atoms with Crippen LogP contribution in [0, 0.1) is 5.41 Å². The fourth-order valence-corrected chi connectivity index (χ4v) is 3.29. The zero-order chi connectivity index (χ0) is 20.3. The fourth-order valence-electron chi connectivity index (χ4n) is 3.29. The number of likely N-dealkylation sites (N-methyl/N-ethyl adjacent to an activating group) is 1. The summed E-state index contributed by atoms with van der Waals surface area (Å²) < 4.78 is 0. The first-order valence-corrected chi connectivity index (χ1v) is 10.0. The molecule has 0 unspecified atom stereocenters. The fraction of sp³-hybridized carbons (Fsp3) is 0.619. The van der Waals surface area contributed by atoms with E-state index in [1.54, 1.807) is 0 Å². The van der Waals surface area contributed by atoms with Gasteiger partial charge in [0.2, 0.25) is 5.91 Å². The van der Waals surface area contributed by atoms with Crippen LogP contribution in [0.3, 0.4) is 0 Å². The highest BCUT2D eigenvalue weighted by Crippen LogP contribution is 2.22. The molecule has 0 spiro atoms. The van der Waals surface area contributed by atoms with Crippen LogP contribution in [0.25, 0.3) is 0 Å². The van der Waals surface area contributed by atoms with E-state index in [1.807, 2.05) is 36.2 Å². The summed E-state index contributed by atoms with van der Waals surface area (Å²) in [4.78, 5) is 32.4. The van der Waals surface area contributed by atoms with Gasteiger partial charge in [0.05, 0.1) is 6.54 Å². The van der Waals surface area contributed by atoms with Crippen molar-refractivity contribution in [1.29, 1.82) is 0 Å². The molecule has 0 aliphatic carbocycles. The summed E-state index contributed by atoms with van der Waals surface area (Å²) in [6, 6.07) is 4.01. The van der Waals surface area contributed by atoms with E-state index < -0.39 is 0 Å². The van der Waals surface area contributed by atoms with Crippen LogP contribution >= 0.6 is 0 Å². The molecule has 1 aromatic rings. The quantitative estimate of drug-likeness (QED) is 0.799. The Kier molecular flexibility index (Phi) is 6.01. The van der Waals surface area contributed by atoms with Gasteiger partial charge in [0, 0.05) is 58.5 Å². The van der Waals surface area contributed by atoms with Crippen molar-refractivity contribution in [2.75, 3.05) is 51.7 Å². The number of amidine groups is 2. The second-order valence-electron chi connectivity index (χ2n) is 8.89. The van der Waals surface area contributed by atoms with Crippen molar-refractivity contribution in [3.63, 3.8) is 0 Å². The topological polar surface area (TPSA) is 64.4 Å². The third kappa shape index (κ3) is 5.09. The van der Waals surface area contributed by atoms with Crippen molar-refractivity contribution >= 4 is 23.4 Å². The van der Waals surface area contributed by atoms with Gasteiger partial charge in [-0.25, -0.2) is 9.98 Å². The lowest BCUT2D eigenvalue weighted by atomic mass is 9.90. The maximum atomic E-state index is 12.5. The van der Waals surface area contributed by atoms with E-state index >= 15 is 0 Å². The number of piperazine rings is 1. The Morgan fingerprint density at radius 2 is 1.89 bits per heavy atom. The molecule has 0 radical (unpaired) electrons. The molecule has 3 heterocycles. The van der Waals surface area contributed by atoms with Crippen molar-refractivity contribution in [3.8, 4) is 0 Å². The number of anilines is 1. The highest BCUT2D eigenvalue weighted by atomic mass is 16.2. The smallest absolute Gasteiger partial charge is 0.222 e. The highest BCUT2D eigenvalue weighted by molar-refractivity contribution is 6.11. The van der Waals surface area contributed by atoms with Gasteiger partial charge < -0.3 is 14.7 Å². The van der Waals surface area contributed by atoms with Crippen LogP contribution in [0.1, 0.15) is 39.2 Å². The largest absolute Gasteiger partial charge is 0.365 e. The van der Waals surface area contributed by atoms with Gasteiger partial charge in [-0.1, -0.05) is 20.8 Å². The second kappa shape index (κ2) is 8.29. The van der Waals surface area contributed by atoms with Crippen LogP contribution in [-0.2, 0) is 4.79 Å². The first kappa shape index (κ1) is 20.3. The molecule has 7 heteroatoms. The lowest BCUT2D eigenvalue weighted by Gasteiger charge is -2.36. The van der Waals surface area contributed by atoms with Crippen LogP contribution in [0.4, 0.5) is 5.82 Å². The molecule has 0 atom stereocenters. The lowest BCUT2D eigenvalue weighted by Crippen LogP contribution is -2.49. The number of carbonyl (C=O) groups is 1. The minimum Gasteiger partial charge on any atom is -0.365 e. The number of carbonyl (C=O) groups excluding carboxylic acids is 1. The second-order valence-corrected chi connectivity index (χ2v) is 8.89.